The van der Waals surface area contributed by atoms with Crippen molar-refractivity contribution in [2.45, 2.75) is 26.0 Å². The Balaban J connectivity index is 2.19. The third-order valence-corrected chi connectivity index (χ3v) is 4.49. The molecule has 27 heavy (non-hydrogen) atoms. The third kappa shape index (κ3) is 3.61. The predicted molar refractivity (Wildman–Crippen MR) is 98.3 cm³/mol. The number of likely N-dealkylation sites (tertiary alicyclic amines) is 1. The highest BCUT2D eigenvalue weighted by atomic mass is 19.1. The molecule has 0 aliphatic carbocycles. The molecule has 0 aromatic heterocycles. The Bertz CT molecular complexity index is 918. The van der Waals surface area contributed by atoms with Crippen LogP contribution in [0.25, 0.3) is 5.76 Å². The Morgan fingerprint density at radius 3 is 2.44 bits per heavy atom. The fourth-order valence-electron chi connectivity index (χ4n) is 3.24. The van der Waals surface area contributed by atoms with Crippen LogP contribution in [0.2, 0.25) is 0 Å². The molecule has 0 saturated carbocycles. The molecular weight excluding hydrogens is 349 g/mol. The lowest BCUT2D eigenvalue weighted by Gasteiger charge is -2.26. The predicted octanol–water partition coefficient (Wildman–Crippen LogP) is 2.94. The number of β-amino-alcohol motifs (C(OH)–C–C–N with tert-alkyl or cyclic N) is 1. The zero-order valence-electron chi connectivity index (χ0n) is 15.0. The zero-order valence-corrected chi connectivity index (χ0v) is 15.0. The molecule has 6 heteroatoms. The van der Waals surface area contributed by atoms with E-state index in [1.807, 2.05) is 6.92 Å². The number of hydrogen-bond donors (Lipinski definition) is 2. The quantitative estimate of drug-likeness (QED) is 0.493. The number of amides is 1. The van der Waals surface area contributed by atoms with Crippen LogP contribution in [-0.2, 0) is 9.59 Å². The molecule has 1 aliphatic heterocycles. The summed E-state index contributed by atoms with van der Waals surface area (Å²) in [5, 5.41) is 20.5. The van der Waals surface area contributed by atoms with Crippen molar-refractivity contribution in [1.82, 2.24) is 4.90 Å². The van der Waals surface area contributed by atoms with E-state index in [-0.39, 0.29) is 17.9 Å². The minimum Gasteiger partial charge on any atom is -0.507 e. The summed E-state index contributed by atoms with van der Waals surface area (Å²) in [5.41, 5.74) is 1.60. The van der Waals surface area contributed by atoms with E-state index >= 15 is 0 Å². The summed E-state index contributed by atoms with van der Waals surface area (Å²) in [6, 6.07) is 11.4. The van der Waals surface area contributed by atoms with E-state index in [4.69, 9.17) is 0 Å². The molecule has 140 valence electrons. The van der Waals surface area contributed by atoms with Gasteiger partial charge in [-0.2, -0.15) is 0 Å². The Labute approximate surface area is 156 Å². The van der Waals surface area contributed by atoms with Crippen molar-refractivity contribution in [2.75, 3.05) is 6.54 Å². The van der Waals surface area contributed by atoms with Gasteiger partial charge in [0.1, 0.15) is 11.6 Å². The largest absolute Gasteiger partial charge is 0.507 e. The highest BCUT2D eigenvalue weighted by Gasteiger charge is 2.46. The zero-order chi connectivity index (χ0) is 19.7. The van der Waals surface area contributed by atoms with Crippen LogP contribution in [0.15, 0.2) is 54.1 Å². The van der Waals surface area contributed by atoms with Gasteiger partial charge < -0.3 is 15.1 Å². The van der Waals surface area contributed by atoms with E-state index < -0.39 is 29.7 Å². The number of halogens is 1. The minimum atomic E-state index is -0.975. The molecule has 1 aliphatic rings. The number of ketones is 1. The lowest BCUT2D eigenvalue weighted by molar-refractivity contribution is -0.140. The number of nitrogens with zero attached hydrogens (tertiary/aromatic N) is 1. The number of rotatable bonds is 4. The summed E-state index contributed by atoms with van der Waals surface area (Å²) in [6.07, 6.45) is -0.890. The molecular formula is C21H20FNO4. The van der Waals surface area contributed by atoms with Crippen LogP contribution >= 0.6 is 0 Å². The van der Waals surface area contributed by atoms with Gasteiger partial charge in [-0.15, -0.1) is 0 Å². The Kier molecular flexibility index (Phi) is 5.10. The first kappa shape index (κ1) is 18.8. The van der Waals surface area contributed by atoms with Crippen molar-refractivity contribution in [2.24, 2.45) is 0 Å². The number of carbonyl (C=O) groups excluding carboxylic acids is 2. The van der Waals surface area contributed by atoms with Crippen LogP contribution in [-0.4, -0.2) is 39.5 Å². The van der Waals surface area contributed by atoms with Gasteiger partial charge in [-0.25, -0.2) is 4.39 Å². The van der Waals surface area contributed by atoms with E-state index in [1.165, 1.54) is 30.0 Å². The SMILES string of the molecule is Cc1ccc(/C(O)=C2/C(=O)C(=O)N(CC(C)O)C2c2cccc(F)c2)cc1. The molecule has 1 heterocycles. The van der Waals surface area contributed by atoms with Crippen molar-refractivity contribution < 1.29 is 24.2 Å². The number of aryl methyl sites for hydroxylation is 1. The molecule has 2 aromatic carbocycles. The van der Waals surface area contributed by atoms with Crippen LogP contribution in [0.4, 0.5) is 4.39 Å². The summed E-state index contributed by atoms with van der Waals surface area (Å²) >= 11 is 0. The first-order valence-corrected chi connectivity index (χ1v) is 8.58. The van der Waals surface area contributed by atoms with Crippen LogP contribution in [0, 0.1) is 12.7 Å². The summed E-state index contributed by atoms with van der Waals surface area (Å²) in [5.74, 6) is -2.54. The molecule has 3 rings (SSSR count). The Morgan fingerprint density at radius 1 is 1.19 bits per heavy atom. The van der Waals surface area contributed by atoms with Gasteiger partial charge in [0.2, 0.25) is 0 Å². The van der Waals surface area contributed by atoms with E-state index in [2.05, 4.69) is 0 Å². The molecule has 5 nitrogen and oxygen atoms in total. The minimum absolute atomic E-state index is 0.115. The van der Waals surface area contributed by atoms with Crippen LogP contribution in [0.1, 0.15) is 29.7 Å². The summed E-state index contributed by atoms with van der Waals surface area (Å²) in [7, 11) is 0. The van der Waals surface area contributed by atoms with E-state index in [0.29, 0.717) is 11.1 Å². The number of hydrogen-bond acceptors (Lipinski definition) is 4. The topological polar surface area (TPSA) is 77.8 Å². The third-order valence-electron chi connectivity index (χ3n) is 4.49. The molecule has 2 aromatic rings. The number of carbonyl (C=O) groups is 2. The van der Waals surface area contributed by atoms with Gasteiger partial charge in [-0.3, -0.25) is 9.59 Å². The molecule has 1 saturated heterocycles. The van der Waals surface area contributed by atoms with Gasteiger partial charge >= 0.3 is 0 Å². The molecule has 1 fully saturated rings. The summed E-state index contributed by atoms with van der Waals surface area (Å²) in [6.45, 7) is 3.26. The highest BCUT2D eigenvalue weighted by molar-refractivity contribution is 6.46. The van der Waals surface area contributed by atoms with Crippen LogP contribution < -0.4 is 0 Å². The second kappa shape index (κ2) is 7.32. The number of Topliss-reactive ketones (excluding diaryl/α,β-unsaturated/α-hetero) is 1. The van der Waals surface area contributed by atoms with Gasteiger partial charge in [0.15, 0.2) is 0 Å². The van der Waals surface area contributed by atoms with E-state index in [9.17, 15) is 24.2 Å². The monoisotopic (exact) mass is 369 g/mol. The van der Waals surface area contributed by atoms with Gasteiger partial charge in [-0.1, -0.05) is 42.0 Å². The molecule has 1 amide bonds. The second-order valence-electron chi connectivity index (χ2n) is 6.72. The van der Waals surface area contributed by atoms with Crippen LogP contribution in [0.3, 0.4) is 0 Å². The highest BCUT2D eigenvalue weighted by Crippen LogP contribution is 2.39. The molecule has 2 N–H and O–H groups in total. The van der Waals surface area contributed by atoms with Gasteiger partial charge in [0.05, 0.1) is 17.7 Å². The summed E-state index contributed by atoms with van der Waals surface area (Å²) in [4.78, 5) is 26.4. The maximum absolute atomic E-state index is 13.8. The fraction of sp³-hybridized carbons (Fsp3) is 0.238. The molecule has 0 bridgehead atoms. The van der Waals surface area contributed by atoms with E-state index in [1.54, 1.807) is 30.3 Å². The number of benzene rings is 2. The maximum Gasteiger partial charge on any atom is 0.295 e. The molecule has 0 radical (unpaired) electrons. The van der Waals surface area contributed by atoms with Crippen molar-refractivity contribution in [3.05, 3.63) is 76.6 Å². The lowest BCUT2D eigenvalue weighted by Crippen LogP contribution is -2.35. The number of aliphatic hydroxyl groups excluding tert-OH is 2. The van der Waals surface area contributed by atoms with Gasteiger partial charge in [-0.05, 0) is 31.5 Å². The average molecular weight is 369 g/mol. The first-order chi connectivity index (χ1) is 12.8. The van der Waals surface area contributed by atoms with E-state index in [0.717, 1.165) is 5.56 Å². The molecule has 0 spiro atoms. The molecule has 2 unspecified atom stereocenters. The first-order valence-electron chi connectivity index (χ1n) is 8.58. The van der Waals surface area contributed by atoms with Crippen molar-refractivity contribution in [3.63, 3.8) is 0 Å². The summed E-state index contributed by atoms with van der Waals surface area (Å²) < 4.78 is 13.8. The Hall–Kier alpha value is -2.99. The van der Waals surface area contributed by atoms with Crippen LogP contribution in [0.5, 0.6) is 0 Å². The van der Waals surface area contributed by atoms with Crippen molar-refractivity contribution in [1.29, 1.82) is 0 Å². The normalized spacial score (nSPS) is 20.1. The Morgan fingerprint density at radius 2 is 1.85 bits per heavy atom. The van der Waals surface area contributed by atoms with Crippen molar-refractivity contribution >= 4 is 17.4 Å². The lowest BCUT2D eigenvalue weighted by atomic mass is 9.95. The average Bonchev–Trinajstić information content (AvgIpc) is 2.86. The molecule has 2 atom stereocenters. The van der Waals surface area contributed by atoms with Crippen molar-refractivity contribution in [3.8, 4) is 0 Å². The second-order valence-corrected chi connectivity index (χ2v) is 6.72. The number of aliphatic hydroxyl groups is 2. The van der Waals surface area contributed by atoms with Gasteiger partial charge in [0.25, 0.3) is 11.7 Å². The maximum atomic E-state index is 13.8. The van der Waals surface area contributed by atoms with Gasteiger partial charge in [0, 0.05) is 12.1 Å². The smallest absolute Gasteiger partial charge is 0.295 e. The fourth-order valence-corrected chi connectivity index (χ4v) is 3.24. The standard InChI is InChI=1S/C21H20FNO4/c1-12-6-8-14(9-7-12)19(25)17-18(15-4-3-5-16(22)10-15)23(11-13(2)24)21(27)20(17)26/h3-10,13,18,24-25H,11H2,1-2H3/b19-17-.